The van der Waals surface area contributed by atoms with E-state index < -0.39 is 133 Å². The summed E-state index contributed by atoms with van der Waals surface area (Å²) in [6.45, 7) is -2.21. The second-order valence-electron chi connectivity index (χ2n) is 15.2. The number of carboxylic acids is 1. The minimum absolute atomic E-state index is 0.0646. The number of fused-ring (bicyclic) bond motifs is 4. The zero-order valence-electron chi connectivity index (χ0n) is 31.5. The van der Waals surface area contributed by atoms with Crippen LogP contribution in [0.2, 0.25) is 0 Å². The lowest BCUT2D eigenvalue weighted by Gasteiger charge is -2.41. The lowest BCUT2D eigenvalue weighted by atomic mass is 9.63. The van der Waals surface area contributed by atoms with Crippen molar-refractivity contribution in [2.45, 2.75) is 79.9 Å². The summed E-state index contributed by atoms with van der Waals surface area (Å²) in [5, 5.41) is 126. The molecule has 61 heavy (non-hydrogen) atoms. The van der Waals surface area contributed by atoms with Crippen LogP contribution in [-0.4, -0.2) is 153 Å². The first-order valence-corrected chi connectivity index (χ1v) is 19.0. The van der Waals surface area contributed by atoms with Crippen LogP contribution in [0, 0.1) is 0 Å². The molecule has 19 nitrogen and oxygen atoms in total. The molecule has 0 aromatic heterocycles. The molecule has 2 aliphatic carbocycles. The molecule has 2 aliphatic heterocycles. The summed E-state index contributed by atoms with van der Waals surface area (Å²) in [7, 11) is 0. The van der Waals surface area contributed by atoms with Gasteiger partial charge in [-0.2, -0.15) is 0 Å². The van der Waals surface area contributed by atoms with Crippen molar-refractivity contribution in [3.05, 3.63) is 116 Å². The Morgan fingerprint density at radius 1 is 0.557 bits per heavy atom. The van der Waals surface area contributed by atoms with Crippen molar-refractivity contribution >= 4 is 17.5 Å². The van der Waals surface area contributed by atoms with Crippen molar-refractivity contribution in [2.75, 3.05) is 13.2 Å². The van der Waals surface area contributed by atoms with Crippen molar-refractivity contribution in [3.63, 3.8) is 0 Å². The predicted octanol–water partition coefficient (Wildman–Crippen LogP) is -1.30. The number of phenolic OH excluding ortho intramolecular Hbond substituents is 2. The first kappa shape index (κ1) is 42.2. The van der Waals surface area contributed by atoms with E-state index >= 15 is 0 Å². The van der Waals surface area contributed by atoms with Gasteiger partial charge >= 0.3 is 5.97 Å². The summed E-state index contributed by atoms with van der Waals surface area (Å²) >= 11 is 0. The number of phenols is 2. The van der Waals surface area contributed by atoms with Crippen molar-refractivity contribution in [2.24, 2.45) is 0 Å². The monoisotopic (exact) mass is 848 g/mol. The fourth-order valence-corrected chi connectivity index (χ4v) is 8.74. The zero-order valence-corrected chi connectivity index (χ0v) is 31.5. The maximum atomic E-state index is 14.7. The quantitative estimate of drug-likeness (QED) is 0.0931. The molecular weight excluding hydrogens is 808 g/mol. The van der Waals surface area contributed by atoms with E-state index in [-0.39, 0.29) is 56.0 Å². The van der Waals surface area contributed by atoms with Crippen LogP contribution >= 0.6 is 0 Å². The molecule has 2 fully saturated rings. The average Bonchev–Trinajstić information content (AvgIpc) is 3.24. The van der Waals surface area contributed by atoms with Crippen LogP contribution in [0.1, 0.15) is 81.9 Å². The third kappa shape index (κ3) is 6.80. The number of aliphatic hydroxyl groups excluding tert-OH is 9. The Morgan fingerprint density at radius 2 is 1.00 bits per heavy atom. The van der Waals surface area contributed by atoms with Gasteiger partial charge in [-0.25, -0.2) is 4.79 Å². The Bertz CT molecular complexity index is 2410. The molecular formula is C42H40O19. The number of aliphatic hydroxyl groups is 9. The predicted molar refractivity (Wildman–Crippen MR) is 201 cm³/mol. The molecule has 322 valence electrons. The highest BCUT2D eigenvalue weighted by atomic mass is 16.7. The Kier molecular flexibility index (Phi) is 11.1. The maximum absolute atomic E-state index is 14.7. The Labute approximate surface area is 344 Å². The largest absolute Gasteiger partial charge is 0.507 e. The second-order valence-corrected chi connectivity index (χ2v) is 15.2. The molecule has 19 heteroatoms. The molecule has 4 aliphatic rings. The van der Waals surface area contributed by atoms with E-state index in [1.165, 1.54) is 42.5 Å². The van der Waals surface area contributed by atoms with Gasteiger partial charge in [-0.3, -0.25) is 9.59 Å². The number of hydrogen-bond acceptors (Lipinski definition) is 18. The van der Waals surface area contributed by atoms with E-state index in [2.05, 4.69) is 0 Å². The Morgan fingerprint density at radius 3 is 1.43 bits per heavy atom. The number of benzene rings is 4. The van der Waals surface area contributed by atoms with Crippen molar-refractivity contribution in [1.82, 2.24) is 0 Å². The average molecular weight is 849 g/mol. The summed E-state index contributed by atoms with van der Waals surface area (Å²) < 4.78 is 23.1. The summed E-state index contributed by atoms with van der Waals surface area (Å²) in [5.41, 5.74) is -1.30. The first-order valence-electron chi connectivity index (χ1n) is 19.0. The van der Waals surface area contributed by atoms with Gasteiger partial charge in [0.2, 0.25) is 24.1 Å². The van der Waals surface area contributed by atoms with Gasteiger partial charge < -0.3 is 80.2 Å². The highest BCUT2D eigenvalue weighted by Crippen LogP contribution is 2.56. The molecule has 8 rings (SSSR count). The number of ether oxygens (including phenoxy) is 4. The molecule has 0 radical (unpaired) electrons. The van der Waals surface area contributed by atoms with E-state index in [9.17, 15) is 75.7 Å². The van der Waals surface area contributed by atoms with Gasteiger partial charge in [0.1, 0.15) is 71.8 Å². The molecule has 2 heterocycles. The fourth-order valence-electron chi connectivity index (χ4n) is 8.74. The minimum atomic E-state index is -1.91. The molecule has 0 saturated carbocycles. The van der Waals surface area contributed by atoms with E-state index in [0.29, 0.717) is 0 Å². The SMILES string of the molecule is O=C(O)c1cc(O)c2c(c1)[C@@H](C1c3cc(CO)cc(O)c3C(=O)c3c(O[C@@H]4O[C@H](CO)[C@@H](O)[C@H](O)[C@H]4O)cccc31)c1cccc(O[C@@H]3O[C@H](CO)[C@@H](O)[C@H](O)[C@H]3O)c1C2=O. The van der Waals surface area contributed by atoms with Crippen molar-refractivity contribution in [1.29, 1.82) is 0 Å². The van der Waals surface area contributed by atoms with Crippen LogP contribution in [0.3, 0.4) is 0 Å². The van der Waals surface area contributed by atoms with Crippen LogP contribution in [0.15, 0.2) is 60.7 Å². The Hall–Kier alpha value is -5.55. The van der Waals surface area contributed by atoms with E-state index in [1.807, 2.05) is 0 Å². The van der Waals surface area contributed by atoms with Gasteiger partial charge in [0, 0.05) is 11.8 Å². The van der Waals surface area contributed by atoms with E-state index in [1.54, 1.807) is 0 Å². The van der Waals surface area contributed by atoms with Crippen LogP contribution < -0.4 is 9.47 Å². The van der Waals surface area contributed by atoms with Crippen LogP contribution in [0.5, 0.6) is 23.0 Å². The summed E-state index contributed by atoms with van der Waals surface area (Å²) in [5.74, 6) is -7.67. The molecule has 0 bridgehead atoms. The standard InChI is InChI=1S/C42H40O19/c43-11-14-7-18-26(16-3-1-5-22(30(16)34(50)28(18)20(46)8-14)58-41-38(54)36(52)32(48)24(12-44)60-41)27-17-4-2-6-23(59-42-39(55)37(53)33(49)25(13-45)61-42)31(17)35(51)29-19(27)9-15(40(56)57)10-21(29)47/h1-10,24-27,32-33,36-39,41-49,52-55H,11-13H2,(H,56,57)/t24-,25-,26?,27+,32-,33-,36+,37+,38-,39-,41-,42-/m1/s1. The first-order chi connectivity index (χ1) is 29.1. The molecule has 4 aromatic rings. The van der Waals surface area contributed by atoms with Crippen LogP contribution in [-0.2, 0) is 16.1 Å². The van der Waals surface area contributed by atoms with E-state index in [0.717, 1.165) is 18.2 Å². The van der Waals surface area contributed by atoms with Gasteiger partial charge in [-0.05, 0) is 58.1 Å². The van der Waals surface area contributed by atoms with E-state index in [4.69, 9.17) is 18.9 Å². The summed E-state index contributed by atoms with van der Waals surface area (Å²) in [6.07, 6.45) is -17.4. The number of aromatic hydroxyl groups is 2. The fraction of sp³-hybridized carbons (Fsp3) is 0.357. The molecule has 12 atom stereocenters. The number of carbonyl (C=O) groups excluding carboxylic acids is 2. The maximum Gasteiger partial charge on any atom is 0.335 e. The Balaban J connectivity index is 1.37. The second kappa shape index (κ2) is 16.0. The molecule has 0 spiro atoms. The van der Waals surface area contributed by atoms with Gasteiger partial charge in [0.15, 0.2) is 0 Å². The molecule has 2 saturated heterocycles. The molecule has 12 N–H and O–H groups in total. The summed E-state index contributed by atoms with van der Waals surface area (Å²) in [6, 6.07) is 13.1. The van der Waals surface area contributed by atoms with Crippen molar-refractivity contribution < 1.29 is 94.6 Å². The van der Waals surface area contributed by atoms with Crippen molar-refractivity contribution in [3.8, 4) is 23.0 Å². The zero-order chi connectivity index (χ0) is 43.8. The van der Waals surface area contributed by atoms with Gasteiger partial charge in [-0.15, -0.1) is 0 Å². The van der Waals surface area contributed by atoms with Crippen LogP contribution in [0.25, 0.3) is 0 Å². The van der Waals surface area contributed by atoms with Gasteiger partial charge in [0.05, 0.1) is 47.6 Å². The highest BCUT2D eigenvalue weighted by molar-refractivity contribution is 6.18. The topological polar surface area (TPSA) is 331 Å². The van der Waals surface area contributed by atoms with Gasteiger partial charge in [0.25, 0.3) is 0 Å². The third-order valence-electron chi connectivity index (χ3n) is 11.7. The molecule has 1 unspecified atom stereocenters. The smallest absolute Gasteiger partial charge is 0.335 e. The number of aromatic carboxylic acids is 1. The number of rotatable bonds is 9. The lowest BCUT2D eigenvalue weighted by molar-refractivity contribution is -0.277. The number of carboxylic acid groups (broad SMARTS) is 1. The molecule has 4 aromatic carbocycles. The minimum Gasteiger partial charge on any atom is -0.507 e. The van der Waals surface area contributed by atoms with Gasteiger partial charge in [-0.1, -0.05) is 30.3 Å². The number of carbonyl (C=O) groups is 3. The highest BCUT2D eigenvalue weighted by Gasteiger charge is 2.50. The number of hydrogen-bond donors (Lipinski definition) is 12. The molecule has 0 amide bonds. The lowest BCUT2D eigenvalue weighted by Crippen LogP contribution is -2.60. The summed E-state index contributed by atoms with van der Waals surface area (Å²) in [4.78, 5) is 41.8. The third-order valence-corrected chi connectivity index (χ3v) is 11.7. The normalized spacial score (nSPS) is 30.4. The number of ketones is 2. The van der Waals surface area contributed by atoms with Crippen LogP contribution in [0.4, 0.5) is 0 Å².